The van der Waals surface area contributed by atoms with Crippen LogP contribution in [-0.2, 0) is 0 Å². The van der Waals surface area contributed by atoms with Crippen molar-refractivity contribution in [3.8, 4) is 10.6 Å². The van der Waals surface area contributed by atoms with E-state index in [1.807, 2.05) is 25.3 Å². The van der Waals surface area contributed by atoms with Crippen molar-refractivity contribution < 1.29 is 4.79 Å². The standard InChI is InChI=1S/C12H11NOS2/c1-8-11(7-14)16-12(13-8)9-3-5-10(15-2)6-4-9/h3-7H,1-2H3. The number of hydrogen-bond donors (Lipinski definition) is 0. The monoisotopic (exact) mass is 249 g/mol. The van der Waals surface area contributed by atoms with Gasteiger partial charge in [-0.05, 0) is 25.3 Å². The molecule has 0 bridgehead atoms. The molecule has 2 aromatic rings. The highest BCUT2D eigenvalue weighted by Crippen LogP contribution is 2.28. The van der Waals surface area contributed by atoms with Crippen molar-refractivity contribution in [2.45, 2.75) is 11.8 Å². The highest BCUT2D eigenvalue weighted by molar-refractivity contribution is 7.98. The molecular formula is C12H11NOS2. The van der Waals surface area contributed by atoms with Crippen LogP contribution >= 0.6 is 23.1 Å². The van der Waals surface area contributed by atoms with Gasteiger partial charge in [-0.2, -0.15) is 0 Å². The lowest BCUT2D eigenvalue weighted by Gasteiger charge is -1.98. The molecule has 16 heavy (non-hydrogen) atoms. The summed E-state index contributed by atoms with van der Waals surface area (Å²) in [6.45, 7) is 1.86. The van der Waals surface area contributed by atoms with Gasteiger partial charge in [-0.1, -0.05) is 12.1 Å². The molecule has 1 aromatic carbocycles. The zero-order valence-electron chi connectivity index (χ0n) is 9.06. The molecule has 0 unspecified atom stereocenters. The molecule has 1 heterocycles. The van der Waals surface area contributed by atoms with Gasteiger partial charge in [-0.25, -0.2) is 4.98 Å². The normalized spacial score (nSPS) is 10.4. The Labute approximate surface area is 103 Å². The minimum absolute atomic E-state index is 0.712. The molecule has 0 atom stereocenters. The molecule has 0 spiro atoms. The molecule has 1 aromatic heterocycles. The van der Waals surface area contributed by atoms with Crippen LogP contribution in [0.25, 0.3) is 10.6 Å². The minimum atomic E-state index is 0.712. The van der Waals surface area contributed by atoms with Gasteiger partial charge < -0.3 is 0 Å². The Kier molecular flexibility index (Phi) is 3.41. The summed E-state index contributed by atoms with van der Waals surface area (Å²) in [6.07, 6.45) is 2.92. The van der Waals surface area contributed by atoms with Gasteiger partial charge in [0.2, 0.25) is 0 Å². The number of aryl methyl sites for hydroxylation is 1. The zero-order chi connectivity index (χ0) is 11.5. The van der Waals surface area contributed by atoms with Gasteiger partial charge >= 0.3 is 0 Å². The Morgan fingerprint density at radius 3 is 2.50 bits per heavy atom. The lowest BCUT2D eigenvalue weighted by molar-refractivity contribution is 0.112. The second kappa shape index (κ2) is 4.80. The SMILES string of the molecule is CSc1ccc(-c2nc(C)c(C=O)s2)cc1. The Balaban J connectivity index is 2.38. The predicted octanol–water partition coefficient (Wildman–Crippen LogP) is 3.65. The molecule has 0 aliphatic rings. The van der Waals surface area contributed by atoms with E-state index in [-0.39, 0.29) is 0 Å². The average molecular weight is 249 g/mol. The second-order valence-corrected chi connectivity index (χ2v) is 5.23. The first-order valence-corrected chi connectivity index (χ1v) is 6.85. The van der Waals surface area contributed by atoms with Gasteiger partial charge in [0.15, 0.2) is 6.29 Å². The van der Waals surface area contributed by atoms with Crippen LogP contribution in [0.4, 0.5) is 0 Å². The molecule has 4 heteroatoms. The Hall–Kier alpha value is -1.13. The third-order valence-electron chi connectivity index (χ3n) is 2.28. The van der Waals surface area contributed by atoms with Crippen molar-refractivity contribution in [3.63, 3.8) is 0 Å². The maximum atomic E-state index is 10.7. The molecule has 2 nitrogen and oxygen atoms in total. The fraction of sp³-hybridized carbons (Fsp3) is 0.167. The third-order valence-corrected chi connectivity index (χ3v) is 4.15. The molecule has 0 amide bonds. The van der Waals surface area contributed by atoms with Crippen LogP contribution < -0.4 is 0 Å². The number of carbonyl (C=O) groups excluding carboxylic acids is 1. The van der Waals surface area contributed by atoms with Crippen LogP contribution in [0.5, 0.6) is 0 Å². The van der Waals surface area contributed by atoms with Crippen LogP contribution in [0.2, 0.25) is 0 Å². The van der Waals surface area contributed by atoms with Crippen molar-refractivity contribution >= 4 is 29.4 Å². The number of aromatic nitrogens is 1. The van der Waals surface area contributed by atoms with Gasteiger partial charge in [0.05, 0.1) is 10.6 Å². The molecule has 0 radical (unpaired) electrons. The average Bonchev–Trinajstić information content (AvgIpc) is 2.71. The van der Waals surface area contributed by atoms with Crippen molar-refractivity contribution in [2.75, 3.05) is 6.26 Å². The van der Waals surface area contributed by atoms with Crippen LogP contribution in [-0.4, -0.2) is 17.5 Å². The Bertz CT molecular complexity index is 502. The lowest BCUT2D eigenvalue weighted by Crippen LogP contribution is -1.79. The highest BCUT2D eigenvalue weighted by atomic mass is 32.2. The number of rotatable bonds is 3. The zero-order valence-corrected chi connectivity index (χ0v) is 10.7. The van der Waals surface area contributed by atoms with Gasteiger partial charge in [-0.15, -0.1) is 23.1 Å². The van der Waals surface area contributed by atoms with E-state index in [2.05, 4.69) is 17.1 Å². The number of thiazole rings is 1. The summed E-state index contributed by atoms with van der Waals surface area (Å²) in [7, 11) is 0. The number of nitrogens with zero attached hydrogens (tertiary/aromatic N) is 1. The fourth-order valence-electron chi connectivity index (χ4n) is 1.37. The smallest absolute Gasteiger partial charge is 0.161 e. The Morgan fingerprint density at radius 2 is 2.00 bits per heavy atom. The summed E-state index contributed by atoms with van der Waals surface area (Å²) in [5, 5.41) is 0.909. The molecule has 2 rings (SSSR count). The minimum Gasteiger partial charge on any atom is -0.297 e. The van der Waals surface area contributed by atoms with Crippen LogP contribution in [0.3, 0.4) is 0 Å². The predicted molar refractivity (Wildman–Crippen MR) is 69.5 cm³/mol. The quantitative estimate of drug-likeness (QED) is 0.614. The van der Waals surface area contributed by atoms with Crippen LogP contribution in [0, 0.1) is 6.92 Å². The van der Waals surface area contributed by atoms with E-state index in [1.54, 1.807) is 11.8 Å². The van der Waals surface area contributed by atoms with E-state index in [4.69, 9.17) is 0 Å². The van der Waals surface area contributed by atoms with Crippen LogP contribution in [0.1, 0.15) is 15.4 Å². The maximum absolute atomic E-state index is 10.7. The second-order valence-electron chi connectivity index (χ2n) is 3.32. The van der Waals surface area contributed by atoms with E-state index in [0.717, 1.165) is 22.6 Å². The van der Waals surface area contributed by atoms with E-state index in [0.29, 0.717) is 4.88 Å². The van der Waals surface area contributed by atoms with E-state index in [9.17, 15) is 4.79 Å². The summed E-state index contributed by atoms with van der Waals surface area (Å²) < 4.78 is 0. The third kappa shape index (κ3) is 2.18. The molecule has 0 N–H and O–H groups in total. The van der Waals surface area contributed by atoms with E-state index in [1.165, 1.54) is 16.2 Å². The lowest BCUT2D eigenvalue weighted by atomic mass is 10.2. The maximum Gasteiger partial charge on any atom is 0.161 e. The molecule has 0 fully saturated rings. The molecular weight excluding hydrogens is 238 g/mol. The van der Waals surface area contributed by atoms with E-state index >= 15 is 0 Å². The van der Waals surface area contributed by atoms with Gasteiger partial charge in [0, 0.05) is 10.5 Å². The highest BCUT2D eigenvalue weighted by Gasteiger charge is 2.08. The molecule has 0 aliphatic heterocycles. The van der Waals surface area contributed by atoms with Crippen molar-refractivity contribution in [3.05, 3.63) is 34.8 Å². The van der Waals surface area contributed by atoms with Crippen molar-refractivity contribution in [1.29, 1.82) is 0 Å². The summed E-state index contributed by atoms with van der Waals surface area (Å²) in [5.74, 6) is 0. The molecule has 0 saturated heterocycles. The number of thioether (sulfide) groups is 1. The van der Waals surface area contributed by atoms with Gasteiger partial charge in [-0.3, -0.25) is 4.79 Å². The van der Waals surface area contributed by atoms with Crippen LogP contribution in [0.15, 0.2) is 29.2 Å². The summed E-state index contributed by atoms with van der Waals surface area (Å²) in [5.41, 5.74) is 1.88. The van der Waals surface area contributed by atoms with Crippen molar-refractivity contribution in [1.82, 2.24) is 4.98 Å². The van der Waals surface area contributed by atoms with Crippen molar-refractivity contribution in [2.24, 2.45) is 0 Å². The number of aldehydes is 1. The fourth-order valence-corrected chi connectivity index (χ4v) is 2.67. The summed E-state index contributed by atoms with van der Waals surface area (Å²) in [6, 6.07) is 8.21. The molecule has 0 saturated carbocycles. The van der Waals surface area contributed by atoms with E-state index < -0.39 is 0 Å². The number of benzene rings is 1. The molecule has 82 valence electrons. The molecule has 0 aliphatic carbocycles. The van der Waals surface area contributed by atoms with Gasteiger partial charge in [0.25, 0.3) is 0 Å². The first kappa shape index (κ1) is 11.4. The first-order chi connectivity index (χ1) is 7.74. The summed E-state index contributed by atoms with van der Waals surface area (Å²) >= 11 is 3.15. The van der Waals surface area contributed by atoms with Gasteiger partial charge in [0.1, 0.15) is 5.01 Å². The number of carbonyl (C=O) groups is 1. The topological polar surface area (TPSA) is 30.0 Å². The number of hydrogen-bond acceptors (Lipinski definition) is 4. The largest absolute Gasteiger partial charge is 0.297 e. The Morgan fingerprint density at radius 1 is 1.31 bits per heavy atom. The first-order valence-electron chi connectivity index (χ1n) is 4.81. The summed E-state index contributed by atoms with van der Waals surface area (Å²) in [4.78, 5) is 17.1.